The Kier molecular flexibility index (Phi) is 6.86. The van der Waals surface area contributed by atoms with E-state index in [-0.39, 0.29) is 17.7 Å². The number of rotatable bonds is 7. The molecule has 1 fully saturated rings. The van der Waals surface area contributed by atoms with Crippen LogP contribution in [-0.2, 0) is 23.1 Å². The molecule has 1 saturated heterocycles. The Labute approximate surface area is 228 Å². The Morgan fingerprint density at radius 2 is 1.62 bits per heavy atom. The number of aromatic nitrogens is 2. The van der Waals surface area contributed by atoms with Crippen molar-refractivity contribution in [3.63, 3.8) is 0 Å². The Morgan fingerprint density at radius 1 is 0.846 bits per heavy atom. The van der Waals surface area contributed by atoms with Crippen LogP contribution >= 0.6 is 0 Å². The van der Waals surface area contributed by atoms with E-state index in [0.717, 1.165) is 54.8 Å². The number of fused-ring (bicyclic) bond motifs is 3. The molecular formula is C33H33N3O3. The average molecular weight is 520 g/mol. The molecule has 3 aromatic carbocycles. The van der Waals surface area contributed by atoms with Gasteiger partial charge in [-0.2, -0.15) is 0 Å². The molecule has 39 heavy (non-hydrogen) atoms. The number of hydrogen-bond donors (Lipinski definition) is 1. The van der Waals surface area contributed by atoms with Gasteiger partial charge in [0.25, 0.3) is 5.91 Å². The molecule has 1 N–H and O–H groups in total. The van der Waals surface area contributed by atoms with Gasteiger partial charge in [0.15, 0.2) is 0 Å². The van der Waals surface area contributed by atoms with E-state index in [9.17, 15) is 9.59 Å². The Hall–Kier alpha value is -4.06. The fourth-order valence-electron chi connectivity index (χ4n) is 6.40. The summed E-state index contributed by atoms with van der Waals surface area (Å²) in [6, 6.07) is 24.4. The number of amides is 1. The Bertz CT molecular complexity index is 1520. The number of aliphatic carboxylic acids is 1. The van der Waals surface area contributed by atoms with Crippen LogP contribution in [-0.4, -0.2) is 44.9 Å². The molecule has 1 aliphatic heterocycles. The second-order valence-corrected chi connectivity index (χ2v) is 10.9. The fraction of sp³-hybridized carbons (Fsp3) is 0.333. The maximum Gasteiger partial charge on any atom is 0.303 e. The molecule has 0 radical (unpaired) electrons. The number of carbonyl (C=O) groups is 2. The molecule has 1 spiro atoms. The molecule has 1 aromatic heterocycles. The van der Waals surface area contributed by atoms with Crippen molar-refractivity contribution in [2.24, 2.45) is 0 Å². The van der Waals surface area contributed by atoms with Crippen LogP contribution in [0.1, 0.15) is 65.7 Å². The number of hydrogen-bond acceptors (Lipinski definition) is 4. The van der Waals surface area contributed by atoms with Crippen LogP contribution < -0.4 is 0 Å². The first-order valence-corrected chi connectivity index (χ1v) is 14.0. The molecular weight excluding hydrogens is 486 g/mol. The average Bonchev–Trinajstić information content (AvgIpc) is 3.32. The first-order chi connectivity index (χ1) is 19.0. The van der Waals surface area contributed by atoms with Crippen molar-refractivity contribution in [2.75, 3.05) is 13.1 Å². The van der Waals surface area contributed by atoms with E-state index in [1.165, 1.54) is 17.5 Å². The maximum atomic E-state index is 13.6. The highest BCUT2D eigenvalue weighted by molar-refractivity contribution is 5.97. The van der Waals surface area contributed by atoms with Gasteiger partial charge >= 0.3 is 5.97 Å². The van der Waals surface area contributed by atoms with Crippen molar-refractivity contribution in [3.8, 4) is 11.3 Å². The first-order valence-electron chi connectivity index (χ1n) is 14.0. The molecule has 0 saturated carbocycles. The molecule has 6 heteroatoms. The van der Waals surface area contributed by atoms with E-state index in [1.54, 1.807) is 0 Å². The molecule has 1 aliphatic carbocycles. The topological polar surface area (TPSA) is 83.4 Å². The number of nitrogens with zero attached hydrogens (tertiary/aromatic N) is 3. The van der Waals surface area contributed by atoms with E-state index < -0.39 is 5.97 Å². The zero-order valence-electron chi connectivity index (χ0n) is 22.1. The van der Waals surface area contributed by atoms with Gasteiger partial charge in [-0.3, -0.25) is 9.59 Å². The lowest BCUT2D eigenvalue weighted by atomic mass is 9.74. The third-order valence-corrected chi connectivity index (χ3v) is 8.55. The summed E-state index contributed by atoms with van der Waals surface area (Å²) < 4.78 is 0. The second kappa shape index (κ2) is 10.6. The maximum absolute atomic E-state index is 13.6. The largest absolute Gasteiger partial charge is 0.481 e. The summed E-state index contributed by atoms with van der Waals surface area (Å²) in [5.74, 6) is -0.734. The highest BCUT2D eigenvalue weighted by atomic mass is 16.4. The number of carbonyl (C=O) groups excluding carboxylic acids is 1. The van der Waals surface area contributed by atoms with Gasteiger partial charge < -0.3 is 10.0 Å². The standard InChI is InChI=1S/C33H33N3O3/c37-30(38)13-7-6-12-28-31(24-9-2-1-3-10-24)35-27-15-14-25(22-29(27)34-28)32(39)36-20-18-33(19-21-36)17-16-23-8-4-5-11-26(23)33/h1-5,8-11,14-15,22H,6-7,12-13,16-21H2,(H,37,38). The summed E-state index contributed by atoms with van der Waals surface area (Å²) in [4.78, 5) is 36.4. The smallest absolute Gasteiger partial charge is 0.303 e. The normalized spacial score (nSPS) is 15.9. The minimum Gasteiger partial charge on any atom is -0.481 e. The van der Waals surface area contributed by atoms with Crippen LogP contribution in [0.4, 0.5) is 0 Å². The van der Waals surface area contributed by atoms with Gasteiger partial charge in [-0.15, -0.1) is 0 Å². The third-order valence-electron chi connectivity index (χ3n) is 8.55. The number of piperidine rings is 1. The number of aryl methyl sites for hydroxylation is 2. The minimum absolute atomic E-state index is 0.0509. The van der Waals surface area contributed by atoms with E-state index in [0.29, 0.717) is 30.3 Å². The van der Waals surface area contributed by atoms with Crippen LogP contribution in [0, 0.1) is 0 Å². The number of likely N-dealkylation sites (tertiary alicyclic amines) is 1. The Balaban J connectivity index is 1.23. The highest BCUT2D eigenvalue weighted by Gasteiger charge is 2.41. The molecule has 6 nitrogen and oxygen atoms in total. The van der Waals surface area contributed by atoms with Gasteiger partial charge in [0.05, 0.1) is 22.4 Å². The lowest BCUT2D eigenvalue weighted by Gasteiger charge is -2.40. The van der Waals surface area contributed by atoms with Crippen LogP contribution in [0.3, 0.4) is 0 Å². The summed E-state index contributed by atoms with van der Waals surface area (Å²) >= 11 is 0. The summed E-state index contributed by atoms with van der Waals surface area (Å²) in [7, 11) is 0. The lowest BCUT2D eigenvalue weighted by molar-refractivity contribution is -0.137. The van der Waals surface area contributed by atoms with E-state index in [1.807, 2.05) is 53.4 Å². The molecule has 0 bridgehead atoms. The van der Waals surface area contributed by atoms with Crippen molar-refractivity contribution < 1.29 is 14.7 Å². The number of unbranched alkanes of at least 4 members (excludes halogenated alkanes) is 1. The SMILES string of the molecule is O=C(O)CCCCc1nc2cc(C(=O)N3CCC4(CCc5ccccc54)CC3)ccc2nc1-c1ccccc1. The molecule has 6 rings (SSSR count). The summed E-state index contributed by atoms with van der Waals surface area (Å²) in [5, 5.41) is 9.01. The molecule has 1 amide bonds. The van der Waals surface area contributed by atoms with Crippen LogP contribution in [0.5, 0.6) is 0 Å². The van der Waals surface area contributed by atoms with Crippen molar-refractivity contribution in [2.45, 2.75) is 56.8 Å². The monoisotopic (exact) mass is 519 g/mol. The van der Waals surface area contributed by atoms with Crippen molar-refractivity contribution in [3.05, 3.63) is 95.2 Å². The zero-order valence-corrected chi connectivity index (χ0v) is 22.1. The van der Waals surface area contributed by atoms with Crippen LogP contribution in [0.25, 0.3) is 22.3 Å². The summed E-state index contributed by atoms with van der Waals surface area (Å²) in [6.07, 6.45) is 6.40. The lowest BCUT2D eigenvalue weighted by Crippen LogP contribution is -2.44. The zero-order chi connectivity index (χ0) is 26.8. The molecule has 2 aliphatic rings. The first kappa shape index (κ1) is 25.2. The summed E-state index contributed by atoms with van der Waals surface area (Å²) in [6.45, 7) is 1.53. The van der Waals surface area contributed by atoms with Gasteiger partial charge in [0.1, 0.15) is 0 Å². The Morgan fingerprint density at radius 3 is 2.41 bits per heavy atom. The van der Waals surface area contributed by atoms with E-state index in [2.05, 4.69) is 24.3 Å². The van der Waals surface area contributed by atoms with Gasteiger partial charge in [-0.1, -0.05) is 54.6 Å². The van der Waals surface area contributed by atoms with Crippen LogP contribution in [0.2, 0.25) is 0 Å². The fourth-order valence-corrected chi connectivity index (χ4v) is 6.40. The van der Waals surface area contributed by atoms with Crippen molar-refractivity contribution in [1.29, 1.82) is 0 Å². The van der Waals surface area contributed by atoms with Gasteiger partial charge in [0, 0.05) is 30.6 Å². The van der Waals surface area contributed by atoms with Gasteiger partial charge in [0.2, 0.25) is 0 Å². The molecule has 4 aromatic rings. The molecule has 0 unspecified atom stereocenters. The molecule has 198 valence electrons. The second-order valence-electron chi connectivity index (χ2n) is 10.9. The van der Waals surface area contributed by atoms with Gasteiger partial charge in [-0.25, -0.2) is 9.97 Å². The molecule has 2 heterocycles. The third kappa shape index (κ3) is 5.03. The number of carboxylic acids is 1. The number of carboxylic acid groups (broad SMARTS) is 1. The quantitative estimate of drug-likeness (QED) is 0.293. The highest BCUT2D eigenvalue weighted by Crippen LogP contribution is 2.46. The summed E-state index contributed by atoms with van der Waals surface area (Å²) in [5.41, 5.74) is 7.90. The predicted molar refractivity (Wildman–Crippen MR) is 152 cm³/mol. The van der Waals surface area contributed by atoms with Crippen molar-refractivity contribution >= 4 is 22.9 Å². The van der Waals surface area contributed by atoms with E-state index >= 15 is 0 Å². The van der Waals surface area contributed by atoms with Gasteiger partial charge in [-0.05, 0) is 79.7 Å². The number of benzene rings is 3. The predicted octanol–water partition coefficient (Wildman–Crippen LogP) is 6.21. The van der Waals surface area contributed by atoms with Crippen molar-refractivity contribution in [1.82, 2.24) is 14.9 Å². The van der Waals surface area contributed by atoms with E-state index in [4.69, 9.17) is 15.1 Å². The minimum atomic E-state index is -0.785. The molecule has 0 atom stereocenters. The van der Waals surface area contributed by atoms with Crippen LogP contribution in [0.15, 0.2) is 72.8 Å².